The predicted octanol–water partition coefficient (Wildman–Crippen LogP) is 1.42. The molecule has 3 rings (SSSR count). The molecule has 2 aromatic heterocycles. The average molecular weight is 335 g/mol. The zero-order valence-corrected chi connectivity index (χ0v) is 14.1. The predicted molar refractivity (Wildman–Crippen MR) is 81.0 cm³/mol. The number of hydrogen-bond acceptors (Lipinski definition) is 8. The second kappa shape index (κ2) is 7.08. The lowest BCUT2D eigenvalue weighted by atomic mass is 9.96. The standard InChI is InChI=1S/C15H21N5O4/c1-9-12(18-24-17-9)8-13(21)20-6-4-11(5-7-20)15-16-14(19-23-15)10(2)22-3/h10-11H,4-8H2,1-3H3. The lowest BCUT2D eigenvalue weighted by molar-refractivity contribution is -0.131. The normalized spacial score (nSPS) is 17.2. The summed E-state index contributed by atoms with van der Waals surface area (Å²) in [6.45, 7) is 4.97. The fourth-order valence-corrected chi connectivity index (χ4v) is 2.72. The van der Waals surface area contributed by atoms with Gasteiger partial charge in [0.05, 0.1) is 6.42 Å². The third-order valence-electron chi connectivity index (χ3n) is 4.44. The van der Waals surface area contributed by atoms with E-state index >= 15 is 0 Å². The van der Waals surface area contributed by atoms with Gasteiger partial charge in [-0.2, -0.15) is 4.98 Å². The second-order valence-electron chi connectivity index (χ2n) is 6.00. The van der Waals surface area contributed by atoms with E-state index in [1.807, 2.05) is 11.8 Å². The number of ether oxygens (including phenoxy) is 1. The Bertz CT molecular complexity index is 690. The van der Waals surface area contributed by atoms with Crippen LogP contribution in [0, 0.1) is 6.92 Å². The lowest BCUT2D eigenvalue weighted by Gasteiger charge is -2.30. The number of rotatable bonds is 5. The molecule has 0 saturated carbocycles. The van der Waals surface area contributed by atoms with Crippen molar-refractivity contribution in [2.75, 3.05) is 20.2 Å². The van der Waals surface area contributed by atoms with Gasteiger partial charge in [-0.1, -0.05) is 15.5 Å². The van der Waals surface area contributed by atoms with Crippen LogP contribution in [0.2, 0.25) is 0 Å². The molecular formula is C15H21N5O4. The summed E-state index contributed by atoms with van der Waals surface area (Å²) in [6, 6.07) is 0. The highest BCUT2D eigenvalue weighted by molar-refractivity contribution is 5.78. The van der Waals surface area contributed by atoms with E-state index in [1.54, 1.807) is 14.0 Å². The SMILES string of the molecule is COC(C)c1noc(C2CCN(C(=O)Cc3nonc3C)CC2)n1. The van der Waals surface area contributed by atoms with Gasteiger partial charge < -0.3 is 14.2 Å². The second-order valence-corrected chi connectivity index (χ2v) is 6.00. The number of likely N-dealkylation sites (tertiary alicyclic amines) is 1. The van der Waals surface area contributed by atoms with E-state index in [4.69, 9.17) is 9.26 Å². The number of carbonyl (C=O) groups excluding carboxylic acids is 1. The quantitative estimate of drug-likeness (QED) is 0.807. The highest BCUT2D eigenvalue weighted by Crippen LogP contribution is 2.28. The molecule has 0 aromatic carbocycles. The van der Waals surface area contributed by atoms with Crippen LogP contribution in [-0.4, -0.2) is 51.5 Å². The Morgan fingerprint density at radius 3 is 2.71 bits per heavy atom. The first kappa shape index (κ1) is 16.6. The molecule has 1 atom stereocenters. The third-order valence-corrected chi connectivity index (χ3v) is 4.44. The molecule has 1 fully saturated rings. The summed E-state index contributed by atoms with van der Waals surface area (Å²) in [5.41, 5.74) is 1.25. The molecule has 2 aromatic rings. The van der Waals surface area contributed by atoms with Crippen LogP contribution in [0.4, 0.5) is 0 Å². The average Bonchev–Trinajstić information content (AvgIpc) is 3.24. The van der Waals surface area contributed by atoms with Gasteiger partial charge in [0.15, 0.2) is 5.82 Å². The van der Waals surface area contributed by atoms with Crippen LogP contribution in [0.15, 0.2) is 9.15 Å². The fraction of sp³-hybridized carbons (Fsp3) is 0.667. The largest absolute Gasteiger partial charge is 0.374 e. The van der Waals surface area contributed by atoms with Crippen molar-refractivity contribution in [3.8, 4) is 0 Å². The minimum Gasteiger partial charge on any atom is -0.374 e. The van der Waals surface area contributed by atoms with Gasteiger partial charge in [-0.15, -0.1) is 0 Å². The highest BCUT2D eigenvalue weighted by Gasteiger charge is 2.28. The molecule has 0 aliphatic carbocycles. The van der Waals surface area contributed by atoms with E-state index in [-0.39, 0.29) is 24.3 Å². The molecule has 9 nitrogen and oxygen atoms in total. The van der Waals surface area contributed by atoms with Crippen molar-refractivity contribution in [2.24, 2.45) is 0 Å². The molecule has 3 heterocycles. The minimum atomic E-state index is -0.191. The van der Waals surface area contributed by atoms with Crippen molar-refractivity contribution in [2.45, 2.75) is 45.1 Å². The van der Waals surface area contributed by atoms with Crippen molar-refractivity contribution >= 4 is 5.91 Å². The highest BCUT2D eigenvalue weighted by atomic mass is 16.6. The summed E-state index contributed by atoms with van der Waals surface area (Å²) in [7, 11) is 1.61. The van der Waals surface area contributed by atoms with Crippen LogP contribution in [0.25, 0.3) is 0 Å². The number of aryl methyl sites for hydroxylation is 1. The molecule has 0 bridgehead atoms. The van der Waals surface area contributed by atoms with E-state index in [2.05, 4.69) is 25.1 Å². The first-order valence-corrected chi connectivity index (χ1v) is 8.00. The Labute approximate surface area is 139 Å². The topological polar surface area (TPSA) is 107 Å². The summed E-state index contributed by atoms with van der Waals surface area (Å²) in [5.74, 6) is 1.39. The van der Waals surface area contributed by atoms with E-state index in [9.17, 15) is 4.79 Å². The maximum atomic E-state index is 12.3. The van der Waals surface area contributed by atoms with Crippen molar-refractivity contribution in [1.29, 1.82) is 0 Å². The Morgan fingerprint density at radius 1 is 1.33 bits per heavy atom. The van der Waals surface area contributed by atoms with Gasteiger partial charge in [-0.3, -0.25) is 4.79 Å². The number of piperidine rings is 1. The lowest BCUT2D eigenvalue weighted by Crippen LogP contribution is -2.39. The van der Waals surface area contributed by atoms with Gasteiger partial charge in [0.25, 0.3) is 0 Å². The molecule has 0 radical (unpaired) electrons. The molecule has 1 unspecified atom stereocenters. The van der Waals surface area contributed by atoms with Gasteiger partial charge in [0, 0.05) is 26.1 Å². The summed E-state index contributed by atoms with van der Waals surface area (Å²) in [4.78, 5) is 18.6. The molecule has 24 heavy (non-hydrogen) atoms. The zero-order chi connectivity index (χ0) is 17.1. The van der Waals surface area contributed by atoms with Crippen molar-refractivity contribution in [3.05, 3.63) is 23.1 Å². The van der Waals surface area contributed by atoms with E-state index in [1.165, 1.54) is 0 Å². The van der Waals surface area contributed by atoms with Crippen molar-refractivity contribution < 1.29 is 18.7 Å². The van der Waals surface area contributed by atoms with Crippen LogP contribution in [-0.2, 0) is 16.0 Å². The molecule has 0 spiro atoms. The Kier molecular flexibility index (Phi) is 4.89. The number of nitrogens with zero attached hydrogens (tertiary/aromatic N) is 5. The van der Waals surface area contributed by atoms with Crippen LogP contribution < -0.4 is 0 Å². The number of carbonyl (C=O) groups is 1. The molecule has 1 aliphatic rings. The summed E-state index contributed by atoms with van der Waals surface area (Å²) < 4.78 is 15.2. The van der Waals surface area contributed by atoms with E-state index in [0.717, 1.165) is 12.8 Å². The molecule has 1 amide bonds. The van der Waals surface area contributed by atoms with Crippen molar-refractivity contribution in [3.63, 3.8) is 0 Å². The molecule has 1 aliphatic heterocycles. The summed E-state index contributed by atoms with van der Waals surface area (Å²) >= 11 is 0. The molecule has 0 N–H and O–H groups in total. The fourth-order valence-electron chi connectivity index (χ4n) is 2.72. The third kappa shape index (κ3) is 3.45. The Hall–Kier alpha value is -2.29. The van der Waals surface area contributed by atoms with Crippen LogP contribution >= 0.6 is 0 Å². The number of amides is 1. The first-order valence-electron chi connectivity index (χ1n) is 8.00. The Morgan fingerprint density at radius 2 is 2.08 bits per heavy atom. The Balaban J connectivity index is 1.54. The zero-order valence-electron chi connectivity index (χ0n) is 14.1. The summed E-state index contributed by atoms with van der Waals surface area (Å²) in [6.07, 6.45) is 1.62. The maximum absolute atomic E-state index is 12.3. The first-order chi connectivity index (χ1) is 11.6. The van der Waals surface area contributed by atoms with E-state index < -0.39 is 0 Å². The molecular weight excluding hydrogens is 314 g/mol. The van der Waals surface area contributed by atoms with Crippen molar-refractivity contribution in [1.82, 2.24) is 25.4 Å². The number of methoxy groups -OCH3 is 1. The van der Waals surface area contributed by atoms with Crippen LogP contribution in [0.5, 0.6) is 0 Å². The van der Waals surface area contributed by atoms with Gasteiger partial charge in [-0.05, 0) is 26.7 Å². The van der Waals surface area contributed by atoms with Crippen LogP contribution in [0.1, 0.15) is 54.9 Å². The summed E-state index contributed by atoms with van der Waals surface area (Å²) in [5, 5.41) is 11.4. The van der Waals surface area contributed by atoms with Gasteiger partial charge >= 0.3 is 0 Å². The molecule has 130 valence electrons. The molecule has 9 heteroatoms. The van der Waals surface area contributed by atoms with Gasteiger partial charge in [0.1, 0.15) is 17.5 Å². The minimum absolute atomic E-state index is 0.0338. The maximum Gasteiger partial charge on any atom is 0.229 e. The number of aromatic nitrogens is 4. The van der Waals surface area contributed by atoms with Gasteiger partial charge in [-0.25, -0.2) is 4.63 Å². The van der Waals surface area contributed by atoms with Gasteiger partial charge in [0.2, 0.25) is 11.8 Å². The van der Waals surface area contributed by atoms with Crippen LogP contribution in [0.3, 0.4) is 0 Å². The monoisotopic (exact) mass is 335 g/mol. The smallest absolute Gasteiger partial charge is 0.229 e. The van der Waals surface area contributed by atoms with E-state index in [0.29, 0.717) is 36.2 Å². The molecule has 1 saturated heterocycles. The number of hydrogen-bond donors (Lipinski definition) is 0.